The summed E-state index contributed by atoms with van der Waals surface area (Å²) in [6.45, 7) is 3.77. The predicted molar refractivity (Wildman–Crippen MR) is 95.2 cm³/mol. The molecule has 5 heteroatoms. The molecule has 1 amide bonds. The summed E-state index contributed by atoms with van der Waals surface area (Å²) in [6.07, 6.45) is 4.35. The summed E-state index contributed by atoms with van der Waals surface area (Å²) in [4.78, 5) is 30.7. The number of aliphatic hydroxyl groups is 1. The van der Waals surface area contributed by atoms with Crippen molar-refractivity contribution in [2.24, 2.45) is 0 Å². The Morgan fingerprint density at radius 1 is 1.20 bits per heavy atom. The molecule has 1 atom stereocenters. The van der Waals surface area contributed by atoms with E-state index in [1.165, 1.54) is 4.90 Å². The topological polar surface area (TPSA) is 70.5 Å². The molecule has 0 spiro atoms. The van der Waals surface area contributed by atoms with Crippen LogP contribution in [0.1, 0.15) is 37.4 Å². The fourth-order valence-corrected chi connectivity index (χ4v) is 3.09. The molecule has 0 aliphatic carbocycles. The van der Waals surface area contributed by atoms with Gasteiger partial charge in [-0.3, -0.25) is 19.5 Å². The lowest BCUT2D eigenvalue weighted by atomic mass is 9.96. The molecule has 1 aromatic carbocycles. The molecule has 0 fully saturated rings. The molecule has 1 unspecified atom stereocenters. The van der Waals surface area contributed by atoms with Crippen molar-refractivity contribution in [3.8, 4) is 0 Å². The molecule has 5 nitrogen and oxygen atoms in total. The number of hydrogen-bond acceptors (Lipinski definition) is 4. The van der Waals surface area contributed by atoms with Gasteiger partial charge < -0.3 is 5.11 Å². The van der Waals surface area contributed by atoms with Gasteiger partial charge in [-0.25, -0.2) is 0 Å². The number of ketones is 1. The first-order chi connectivity index (χ1) is 12.1. The number of carbonyl (C=O) groups is 2. The molecule has 25 heavy (non-hydrogen) atoms. The molecule has 128 valence electrons. The fourth-order valence-electron chi connectivity index (χ4n) is 3.09. The number of anilines is 1. The summed E-state index contributed by atoms with van der Waals surface area (Å²) in [5.74, 6) is -1.28. The summed E-state index contributed by atoms with van der Waals surface area (Å²) < 4.78 is 0. The van der Waals surface area contributed by atoms with Crippen LogP contribution in [-0.4, -0.2) is 21.8 Å². The van der Waals surface area contributed by atoms with E-state index in [1.54, 1.807) is 31.5 Å². The predicted octanol–water partition coefficient (Wildman–Crippen LogP) is 3.52. The van der Waals surface area contributed by atoms with Crippen molar-refractivity contribution >= 4 is 17.4 Å². The Hall–Kier alpha value is -2.95. The second-order valence-electron chi connectivity index (χ2n) is 5.92. The molecule has 2 aromatic rings. The Morgan fingerprint density at radius 3 is 2.48 bits per heavy atom. The van der Waals surface area contributed by atoms with Crippen LogP contribution in [0.3, 0.4) is 0 Å². The van der Waals surface area contributed by atoms with E-state index in [4.69, 9.17) is 0 Å². The second-order valence-corrected chi connectivity index (χ2v) is 5.92. The van der Waals surface area contributed by atoms with E-state index in [-0.39, 0.29) is 17.8 Å². The van der Waals surface area contributed by atoms with E-state index in [0.29, 0.717) is 11.3 Å². The number of benzene rings is 1. The monoisotopic (exact) mass is 336 g/mol. The smallest absolute Gasteiger partial charge is 0.294 e. The first kappa shape index (κ1) is 16.9. The number of hydrogen-bond donors (Lipinski definition) is 1. The molecule has 1 aromatic heterocycles. The minimum atomic E-state index is -0.666. The third kappa shape index (κ3) is 2.93. The Morgan fingerprint density at radius 2 is 1.92 bits per heavy atom. The van der Waals surface area contributed by atoms with Crippen LogP contribution in [0, 0.1) is 0 Å². The zero-order valence-corrected chi connectivity index (χ0v) is 14.3. The molecule has 1 N–H and O–H groups in total. The maximum absolute atomic E-state index is 12.7. The zero-order chi connectivity index (χ0) is 18.0. The van der Waals surface area contributed by atoms with Gasteiger partial charge in [0.05, 0.1) is 11.6 Å². The van der Waals surface area contributed by atoms with Crippen LogP contribution < -0.4 is 4.90 Å². The van der Waals surface area contributed by atoms with Crippen molar-refractivity contribution < 1.29 is 14.7 Å². The molecular weight excluding hydrogens is 316 g/mol. The van der Waals surface area contributed by atoms with Gasteiger partial charge in [0, 0.05) is 24.5 Å². The Labute approximate surface area is 146 Å². The van der Waals surface area contributed by atoms with E-state index in [1.807, 2.05) is 24.3 Å². The Bertz CT molecular complexity index is 826. The lowest BCUT2D eigenvalue weighted by Crippen LogP contribution is -2.31. The van der Waals surface area contributed by atoms with Crippen molar-refractivity contribution in [3.05, 3.63) is 71.3 Å². The van der Waals surface area contributed by atoms with Gasteiger partial charge in [-0.1, -0.05) is 32.0 Å². The van der Waals surface area contributed by atoms with Gasteiger partial charge in [-0.05, 0) is 35.7 Å². The molecule has 0 bridgehead atoms. The number of Topliss-reactive ketones (excluding diaryl/α,β-unsaturated/α-hetero) is 1. The van der Waals surface area contributed by atoms with Crippen molar-refractivity contribution in [2.45, 2.75) is 32.7 Å². The molecular formula is C20H20N2O3. The molecule has 0 saturated heterocycles. The molecule has 1 aliphatic rings. The average molecular weight is 336 g/mol. The molecule has 1 aliphatic heterocycles. The number of aromatic nitrogens is 1. The van der Waals surface area contributed by atoms with E-state index >= 15 is 0 Å². The number of rotatable bonds is 5. The summed E-state index contributed by atoms with van der Waals surface area (Å²) in [6, 6.07) is 10.5. The van der Waals surface area contributed by atoms with Gasteiger partial charge in [0.25, 0.3) is 5.91 Å². The number of nitrogens with zero attached hydrogens (tertiary/aromatic N) is 2. The minimum Gasteiger partial charge on any atom is -0.503 e. The van der Waals surface area contributed by atoms with Crippen molar-refractivity contribution in [3.63, 3.8) is 0 Å². The lowest BCUT2D eigenvalue weighted by molar-refractivity contribution is -0.118. The number of aliphatic hydroxyl groups excluding tert-OH is 1. The second kappa shape index (κ2) is 6.89. The number of carbonyl (C=O) groups excluding carboxylic acids is 2. The highest BCUT2D eigenvalue weighted by atomic mass is 16.3. The zero-order valence-electron chi connectivity index (χ0n) is 14.3. The van der Waals surface area contributed by atoms with Crippen molar-refractivity contribution in [2.75, 3.05) is 4.90 Å². The van der Waals surface area contributed by atoms with Crippen LogP contribution in [-0.2, 0) is 16.0 Å². The van der Waals surface area contributed by atoms with Crippen LogP contribution in [0.4, 0.5) is 5.69 Å². The summed E-state index contributed by atoms with van der Waals surface area (Å²) >= 11 is 0. The first-order valence-corrected chi connectivity index (χ1v) is 8.37. The van der Waals surface area contributed by atoms with E-state index in [9.17, 15) is 14.7 Å². The highest BCUT2D eigenvalue weighted by Gasteiger charge is 2.43. The minimum absolute atomic E-state index is 0.139. The lowest BCUT2D eigenvalue weighted by Gasteiger charge is -2.26. The molecule has 3 rings (SSSR count). The molecule has 2 heterocycles. The van der Waals surface area contributed by atoms with E-state index in [0.717, 1.165) is 12.0 Å². The Balaban J connectivity index is 2.13. The third-order valence-electron chi connectivity index (χ3n) is 4.45. The van der Waals surface area contributed by atoms with Gasteiger partial charge in [0.2, 0.25) is 0 Å². The van der Waals surface area contributed by atoms with Gasteiger partial charge in [-0.15, -0.1) is 0 Å². The van der Waals surface area contributed by atoms with Crippen LogP contribution in [0.15, 0.2) is 60.1 Å². The number of aryl methyl sites for hydroxylation is 1. The molecule has 0 radical (unpaired) electrons. The van der Waals surface area contributed by atoms with E-state index in [2.05, 4.69) is 11.9 Å². The van der Waals surface area contributed by atoms with Gasteiger partial charge in [0.1, 0.15) is 0 Å². The third-order valence-corrected chi connectivity index (χ3v) is 4.45. The van der Waals surface area contributed by atoms with Crippen LogP contribution in [0.25, 0.3) is 0 Å². The number of amides is 1. The SMILES string of the molecule is CCC(=O)C1=C(O)C(=O)N(c2ccc(CC)cc2)C1c1cccnc1. The standard InChI is InChI=1S/C20H20N2O3/c1-3-13-7-9-15(10-8-13)22-18(14-6-5-11-21-12-14)17(16(23)4-2)19(24)20(22)25/h5-12,18,24H,3-4H2,1-2H3. The molecule has 0 saturated carbocycles. The highest BCUT2D eigenvalue weighted by Crippen LogP contribution is 2.41. The first-order valence-electron chi connectivity index (χ1n) is 8.37. The normalized spacial score (nSPS) is 17.3. The van der Waals surface area contributed by atoms with Crippen molar-refractivity contribution in [1.29, 1.82) is 0 Å². The number of pyridine rings is 1. The van der Waals surface area contributed by atoms with E-state index < -0.39 is 17.7 Å². The highest BCUT2D eigenvalue weighted by molar-refractivity contribution is 6.16. The summed E-state index contributed by atoms with van der Waals surface area (Å²) in [5, 5.41) is 10.4. The maximum Gasteiger partial charge on any atom is 0.294 e. The van der Waals surface area contributed by atoms with Crippen LogP contribution >= 0.6 is 0 Å². The van der Waals surface area contributed by atoms with Crippen molar-refractivity contribution in [1.82, 2.24) is 4.98 Å². The van der Waals surface area contributed by atoms with Gasteiger partial charge >= 0.3 is 0 Å². The average Bonchev–Trinajstić information content (AvgIpc) is 2.93. The fraction of sp³-hybridized carbons (Fsp3) is 0.250. The van der Waals surface area contributed by atoms with Crippen LogP contribution in [0.5, 0.6) is 0 Å². The maximum atomic E-state index is 12.7. The Kier molecular flexibility index (Phi) is 4.65. The quantitative estimate of drug-likeness (QED) is 0.907. The van der Waals surface area contributed by atoms with Gasteiger partial charge in [0.15, 0.2) is 11.5 Å². The van der Waals surface area contributed by atoms with Crippen LogP contribution in [0.2, 0.25) is 0 Å². The summed E-state index contributed by atoms with van der Waals surface area (Å²) in [5.41, 5.74) is 2.62. The largest absolute Gasteiger partial charge is 0.503 e. The summed E-state index contributed by atoms with van der Waals surface area (Å²) in [7, 11) is 0. The van der Waals surface area contributed by atoms with Gasteiger partial charge in [-0.2, -0.15) is 0 Å².